The normalized spacial score (nSPS) is 26.7. The Morgan fingerprint density at radius 1 is 1.26 bits per heavy atom. The summed E-state index contributed by atoms with van der Waals surface area (Å²) in [6, 6.07) is 0. The van der Waals surface area contributed by atoms with Crippen LogP contribution in [0.5, 0.6) is 0 Å². The molecular weight excluding hydrogens is 288 g/mol. The summed E-state index contributed by atoms with van der Waals surface area (Å²) in [6.45, 7) is 8.34. The van der Waals surface area contributed by atoms with Crippen LogP contribution in [0.25, 0.3) is 0 Å². The maximum Gasteiger partial charge on any atom is 0.216 e. The second-order valence-electron chi connectivity index (χ2n) is 7.09. The lowest BCUT2D eigenvalue weighted by Crippen LogP contribution is -2.38. The predicted molar refractivity (Wildman–Crippen MR) is 92.4 cm³/mol. The molecule has 5 nitrogen and oxygen atoms in total. The Morgan fingerprint density at radius 2 is 2.13 bits per heavy atom. The highest BCUT2D eigenvalue weighted by molar-refractivity contribution is 5.79. The smallest absolute Gasteiger partial charge is 0.216 e. The Kier molecular flexibility index (Phi) is 5.23. The minimum absolute atomic E-state index is 0.484. The number of hydrogen-bond acceptors (Lipinski definition) is 3. The summed E-state index contributed by atoms with van der Waals surface area (Å²) >= 11 is 0. The van der Waals surface area contributed by atoms with Crippen LogP contribution < -0.4 is 10.6 Å². The highest BCUT2D eigenvalue weighted by atomic mass is 16.4. The number of nitrogens with zero attached hydrogens (tertiary/aromatic N) is 2. The van der Waals surface area contributed by atoms with Gasteiger partial charge in [-0.1, -0.05) is 6.42 Å². The lowest BCUT2D eigenvalue weighted by atomic mass is 9.86. The van der Waals surface area contributed by atoms with Crippen molar-refractivity contribution in [2.75, 3.05) is 13.1 Å². The fraction of sp³-hybridized carbons (Fsp3) is 0.778. The van der Waals surface area contributed by atoms with Crippen molar-refractivity contribution in [3.63, 3.8) is 0 Å². The van der Waals surface area contributed by atoms with Crippen LogP contribution in [-0.4, -0.2) is 24.0 Å². The van der Waals surface area contributed by atoms with Gasteiger partial charge in [-0.2, -0.15) is 0 Å². The fourth-order valence-electron chi connectivity index (χ4n) is 4.20. The first-order valence-corrected chi connectivity index (χ1v) is 9.10. The van der Waals surface area contributed by atoms with Crippen molar-refractivity contribution in [3.8, 4) is 0 Å². The lowest BCUT2D eigenvalue weighted by Gasteiger charge is -2.22. The third-order valence-electron chi connectivity index (χ3n) is 5.48. The summed E-state index contributed by atoms with van der Waals surface area (Å²) in [7, 11) is 0. The van der Waals surface area contributed by atoms with Crippen LogP contribution in [0.15, 0.2) is 9.41 Å². The zero-order valence-corrected chi connectivity index (χ0v) is 14.7. The first kappa shape index (κ1) is 16.3. The Balaban J connectivity index is 1.46. The standard InChI is InChI=1S/C18H30N4O/c1-4-19-18(21-11-17-22-12(2)13(3)23-17)20-8-7-16-10-14-5-6-15(16)9-14/h14-16H,4-11H2,1-3H3,(H2,19,20,21). The van der Waals surface area contributed by atoms with Gasteiger partial charge in [-0.15, -0.1) is 0 Å². The largest absolute Gasteiger partial charge is 0.444 e. The molecule has 0 aromatic carbocycles. The molecule has 2 N–H and O–H groups in total. The van der Waals surface area contributed by atoms with E-state index in [1.165, 1.54) is 32.1 Å². The van der Waals surface area contributed by atoms with Crippen molar-refractivity contribution in [1.82, 2.24) is 15.6 Å². The first-order chi connectivity index (χ1) is 11.2. The molecule has 3 atom stereocenters. The van der Waals surface area contributed by atoms with E-state index in [-0.39, 0.29) is 0 Å². The van der Waals surface area contributed by atoms with E-state index in [1.54, 1.807) is 0 Å². The van der Waals surface area contributed by atoms with Gasteiger partial charge in [-0.3, -0.25) is 0 Å². The first-order valence-electron chi connectivity index (χ1n) is 9.10. The number of aromatic nitrogens is 1. The molecule has 3 rings (SSSR count). The molecule has 128 valence electrons. The quantitative estimate of drug-likeness (QED) is 0.625. The summed E-state index contributed by atoms with van der Waals surface area (Å²) in [4.78, 5) is 8.97. The van der Waals surface area contributed by atoms with Gasteiger partial charge < -0.3 is 15.1 Å². The molecule has 23 heavy (non-hydrogen) atoms. The molecular formula is C18H30N4O. The number of oxazole rings is 1. The van der Waals surface area contributed by atoms with Crippen molar-refractivity contribution in [1.29, 1.82) is 0 Å². The maximum absolute atomic E-state index is 5.59. The number of aliphatic imine (C=N–C) groups is 1. The topological polar surface area (TPSA) is 62.5 Å². The van der Waals surface area contributed by atoms with Crippen LogP contribution in [0.2, 0.25) is 0 Å². The van der Waals surface area contributed by atoms with E-state index in [4.69, 9.17) is 4.42 Å². The van der Waals surface area contributed by atoms with Crippen molar-refractivity contribution < 1.29 is 4.42 Å². The van der Waals surface area contributed by atoms with Crippen molar-refractivity contribution in [2.24, 2.45) is 22.7 Å². The zero-order chi connectivity index (χ0) is 16.2. The second kappa shape index (κ2) is 7.37. The molecule has 2 aliphatic rings. The predicted octanol–water partition coefficient (Wildman–Crippen LogP) is 3.17. The Hall–Kier alpha value is -1.52. The van der Waals surface area contributed by atoms with Gasteiger partial charge in [0, 0.05) is 13.1 Å². The van der Waals surface area contributed by atoms with Gasteiger partial charge in [0.2, 0.25) is 5.89 Å². The molecule has 2 bridgehead atoms. The van der Waals surface area contributed by atoms with Gasteiger partial charge in [-0.05, 0) is 64.2 Å². The van der Waals surface area contributed by atoms with Crippen molar-refractivity contribution in [3.05, 3.63) is 17.3 Å². The number of nitrogens with one attached hydrogen (secondary N) is 2. The number of aryl methyl sites for hydroxylation is 2. The fourth-order valence-corrected chi connectivity index (χ4v) is 4.20. The molecule has 0 amide bonds. The summed E-state index contributed by atoms with van der Waals surface area (Å²) in [6.07, 6.45) is 7.15. The molecule has 0 aliphatic heterocycles. The average Bonchev–Trinajstić information content (AvgIpc) is 3.22. The molecule has 0 radical (unpaired) electrons. The monoisotopic (exact) mass is 318 g/mol. The van der Waals surface area contributed by atoms with Crippen LogP contribution in [-0.2, 0) is 6.54 Å². The summed E-state index contributed by atoms with van der Waals surface area (Å²) in [5.74, 6) is 5.39. The van der Waals surface area contributed by atoms with E-state index < -0.39 is 0 Å². The molecule has 1 aromatic rings. The van der Waals surface area contributed by atoms with Crippen LogP contribution in [0.1, 0.15) is 56.4 Å². The summed E-state index contributed by atoms with van der Waals surface area (Å²) in [5.41, 5.74) is 0.949. The van der Waals surface area contributed by atoms with Crippen LogP contribution in [0.3, 0.4) is 0 Å². The van der Waals surface area contributed by atoms with Crippen LogP contribution in [0, 0.1) is 31.6 Å². The Morgan fingerprint density at radius 3 is 2.74 bits per heavy atom. The van der Waals surface area contributed by atoms with E-state index in [9.17, 15) is 0 Å². The molecule has 1 heterocycles. The number of guanidine groups is 1. The van der Waals surface area contributed by atoms with Crippen LogP contribution in [0.4, 0.5) is 0 Å². The van der Waals surface area contributed by atoms with E-state index >= 15 is 0 Å². The Bertz CT molecular complexity index is 532. The summed E-state index contributed by atoms with van der Waals surface area (Å²) < 4.78 is 5.59. The number of fused-ring (bicyclic) bond motifs is 2. The van der Waals surface area contributed by atoms with Gasteiger partial charge in [0.15, 0.2) is 5.96 Å². The van der Waals surface area contributed by atoms with Crippen LogP contribution >= 0.6 is 0 Å². The highest BCUT2D eigenvalue weighted by Crippen LogP contribution is 2.49. The van der Waals surface area contributed by atoms with Gasteiger partial charge >= 0.3 is 0 Å². The SMILES string of the molecule is CCNC(=NCc1nc(C)c(C)o1)NCCC1CC2CCC1C2. The molecule has 2 fully saturated rings. The Labute approximate surface area is 139 Å². The molecule has 0 saturated heterocycles. The maximum atomic E-state index is 5.59. The van der Waals surface area contributed by atoms with Crippen molar-refractivity contribution >= 4 is 5.96 Å². The average molecular weight is 318 g/mol. The number of hydrogen-bond donors (Lipinski definition) is 2. The van der Waals surface area contributed by atoms with Gasteiger partial charge in [0.1, 0.15) is 12.3 Å². The zero-order valence-electron chi connectivity index (χ0n) is 14.7. The molecule has 1 aromatic heterocycles. The molecule has 2 aliphatic carbocycles. The second-order valence-corrected chi connectivity index (χ2v) is 7.09. The lowest BCUT2D eigenvalue weighted by molar-refractivity contribution is 0.315. The molecule has 0 spiro atoms. The van der Waals surface area contributed by atoms with Gasteiger partial charge in [-0.25, -0.2) is 9.98 Å². The highest BCUT2D eigenvalue weighted by Gasteiger charge is 2.38. The minimum atomic E-state index is 0.484. The van der Waals surface area contributed by atoms with E-state index in [0.717, 1.165) is 48.3 Å². The molecule has 5 heteroatoms. The molecule has 3 unspecified atom stereocenters. The third kappa shape index (κ3) is 4.06. The van der Waals surface area contributed by atoms with E-state index in [2.05, 4.69) is 27.5 Å². The van der Waals surface area contributed by atoms with E-state index in [0.29, 0.717) is 12.4 Å². The third-order valence-corrected chi connectivity index (χ3v) is 5.48. The molecule has 2 saturated carbocycles. The minimum Gasteiger partial charge on any atom is -0.444 e. The van der Waals surface area contributed by atoms with Gasteiger partial charge in [0.25, 0.3) is 0 Å². The van der Waals surface area contributed by atoms with Gasteiger partial charge in [0.05, 0.1) is 5.69 Å². The van der Waals surface area contributed by atoms with Crippen molar-refractivity contribution in [2.45, 2.75) is 59.4 Å². The summed E-state index contributed by atoms with van der Waals surface area (Å²) in [5, 5.41) is 6.77. The van der Waals surface area contributed by atoms with E-state index in [1.807, 2.05) is 13.8 Å². The number of rotatable bonds is 6.